The van der Waals surface area contributed by atoms with Gasteiger partial charge in [0.2, 0.25) is 0 Å². The first-order chi connectivity index (χ1) is 14.2. The second-order valence-electron chi connectivity index (χ2n) is 7.90. The topological polar surface area (TPSA) is 48.9 Å². The molecule has 2 fully saturated rings. The molecule has 2 aliphatic heterocycles. The number of amides is 1. The zero-order valence-corrected chi connectivity index (χ0v) is 17.1. The van der Waals surface area contributed by atoms with E-state index >= 15 is 0 Å². The Morgan fingerprint density at radius 2 is 1.79 bits per heavy atom. The Bertz CT molecular complexity index is 855. The molecular weight excluding hydrogens is 364 g/mol. The summed E-state index contributed by atoms with van der Waals surface area (Å²) in [6, 6.07) is 8.01. The quantitative estimate of drug-likeness (QED) is 0.726. The van der Waals surface area contributed by atoms with Crippen molar-refractivity contribution < 1.29 is 9.53 Å². The van der Waals surface area contributed by atoms with E-state index in [1.54, 1.807) is 11.1 Å². The molecule has 29 heavy (non-hydrogen) atoms. The van der Waals surface area contributed by atoms with Gasteiger partial charge in [-0.3, -0.25) is 14.8 Å². The number of carbonyl (C=O) groups excluding carboxylic acids is 1. The highest BCUT2D eigenvalue weighted by atomic mass is 16.6. The number of fused-ring (bicyclic) bond motifs is 1. The van der Waals surface area contributed by atoms with Crippen LogP contribution in [0.25, 0.3) is 10.9 Å². The fraction of sp³-hybridized carbons (Fsp3) is 0.478. The van der Waals surface area contributed by atoms with Gasteiger partial charge in [-0.25, -0.2) is 4.79 Å². The van der Waals surface area contributed by atoms with Crippen molar-refractivity contribution in [2.75, 3.05) is 45.8 Å². The van der Waals surface area contributed by atoms with E-state index in [2.05, 4.69) is 33.5 Å². The summed E-state index contributed by atoms with van der Waals surface area (Å²) in [6.45, 7) is 11.4. The number of benzene rings is 1. The van der Waals surface area contributed by atoms with Crippen LogP contribution in [0.3, 0.4) is 0 Å². The summed E-state index contributed by atoms with van der Waals surface area (Å²) in [7, 11) is 0. The number of hydrogen-bond donors (Lipinski definition) is 0. The average molecular weight is 395 g/mol. The molecule has 2 aliphatic rings. The third kappa shape index (κ3) is 4.77. The van der Waals surface area contributed by atoms with E-state index in [1.807, 2.05) is 18.2 Å². The van der Waals surface area contributed by atoms with Gasteiger partial charge in [-0.15, -0.1) is 6.58 Å². The van der Waals surface area contributed by atoms with Crippen molar-refractivity contribution in [2.45, 2.75) is 25.8 Å². The summed E-state index contributed by atoms with van der Waals surface area (Å²) in [5.74, 6) is 0.552. The Labute approximate surface area is 172 Å². The highest BCUT2D eigenvalue weighted by Gasteiger charge is 2.21. The van der Waals surface area contributed by atoms with Gasteiger partial charge < -0.3 is 9.64 Å². The lowest BCUT2D eigenvalue weighted by Gasteiger charge is -2.34. The Morgan fingerprint density at radius 3 is 2.55 bits per heavy atom. The molecular formula is C23H30N4O2. The van der Waals surface area contributed by atoms with Crippen molar-refractivity contribution in [3.05, 3.63) is 48.7 Å². The van der Waals surface area contributed by atoms with Gasteiger partial charge in [-0.2, -0.15) is 0 Å². The first kappa shape index (κ1) is 19.9. The van der Waals surface area contributed by atoms with Crippen LogP contribution in [0.15, 0.2) is 43.1 Å². The number of hydrogen-bond acceptors (Lipinski definition) is 5. The van der Waals surface area contributed by atoms with E-state index < -0.39 is 0 Å². The van der Waals surface area contributed by atoms with Crippen LogP contribution >= 0.6 is 0 Å². The van der Waals surface area contributed by atoms with Crippen molar-refractivity contribution in [3.63, 3.8) is 0 Å². The van der Waals surface area contributed by atoms with Gasteiger partial charge in [-0.05, 0) is 37.0 Å². The largest absolute Gasteiger partial charge is 0.415 e. The van der Waals surface area contributed by atoms with E-state index in [0.29, 0.717) is 5.75 Å². The number of carbonyl (C=O) groups is 1. The minimum Gasteiger partial charge on any atom is -0.408 e. The van der Waals surface area contributed by atoms with Crippen molar-refractivity contribution in [2.24, 2.45) is 0 Å². The maximum Gasteiger partial charge on any atom is 0.415 e. The number of piperidine rings is 1. The number of aromatic nitrogens is 1. The Hall–Kier alpha value is -2.44. The number of pyridine rings is 1. The van der Waals surface area contributed by atoms with E-state index in [-0.39, 0.29) is 6.09 Å². The predicted octanol–water partition coefficient (Wildman–Crippen LogP) is 3.52. The second kappa shape index (κ2) is 9.37. The zero-order chi connectivity index (χ0) is 20.1. The lowest BCUT2D eigenvalue weighted by molar-refractivity contribution is 0.137. The van der Waals surface area contributed by atoms with E-state index in [0.717, 1.165) is 76.1 Å². The average Bonchev–Trinajstić information content (AvgIpc) is 2.77. The van der Waals surface area contributed by atoms with Crippen molar-refractivity contribution in [1.82, 2.24) is 19.7 Å². The minimum atomic E-state index is -0.261. The molecule has 0 saturated carbocycles. The van der Waals surface area contributed by atoms with Gasteiger partial charge in [0.1, 0.15) is 5.52 Å². The van der Waals surface area contributed by atoms with Crippen LogP contribution in [-0.2, 0) is 6.54 Å². The molecule has 0 N–H and O–H groups in total. The maximum atomic E-state index is 12.6. The van der Waals surface area contributed by atoms with Crippen molar-refractivity contribution >= 4 is 17.0 Å². The molecule has 154 valence electrons. The third-order valence-electron chi connectivity index (χ3n) is 5.88. The van der Waals surface area contributed by atoms with Gasteiger partial charge in [0.25, 0.3) is 0 Å². The normalized spacial score (nSPS) is 18.7. The molecule has 0 bridgehead atoms. The number of nitrogens with zero attached hydrogens (tertiary/aromatic N) is 4. The number of rotatable bonds is 5. The molecule has 0 radical (unpaired) electrons. The van der Waals surface area contributed by atoms with Crippen molar-refractivity contribution in [3.8, 4) is 5.75 Å². The molecule has 6 heteroatoms. The molecule has 1 aromatic heterocycles. The fourth-order valence-corrected chi connectivity index (χ4v) is 4.21. The molecule has 0 aliphatic carbocycles. The number of piperazine rings is 1. The van der Waals surface area contributed by atoms with Crippen LogP contribution in [0, 0.1) is 0 Å². The molecule has 0 unspecified atom stereocenters. The zero-order valence-electron chi connectivity index (χ0n) is 17.1. The molecule has 0 atom stereocenters. The smallest absolute Gasteiger partial charge is 0.408 e. The van der Waals surface area contributed by atoms with Crippen LogP contribution in [0.1, 0.15) is 24.8 Å². The monoisotopic (exact) mass is 394 g/mol. The molecule has 3 heterocycles. The number of likely N-dealkylation sites (tertiary alicyclic amines) is 1. The van der Waals surface area contributed by atoms with Gasteiger partial charge in [-0.1, -0.05) is 18.2 Å². The molecule has 2 aromatic rings. The standard InChI is InChI=1S/C23H30N4O2/c1-2-11-25-14-16-26(17-15-25)18-19-8-9-21(22-20(19)7-6-10-24-22)29-23(28)27-12-4-3-5-13-27/h2,6-10H,1,3-5,11-18H2. The first-order valence-corrected chi connectivity index (χ1v) is 10.6. The Morgan fingerprint density at radius 1 is 1.03 bits per heavy atom. The van der Waals surface area contributed by atoms with Gasteiger partial charge in [0, 0.05) is 63.9 Å². The van der Waals surface area contributed by atoms with Crippen LogP contribution in [0.5, 0.6) is 5.75 Å². The summed E-state index contributed by atoms with van der Waals surface area (Å²) in [6.07, 6.45) is 6.75. The predicted molar refractivity (Wildman–Crippen MR) is 115 cm³/mol. The van der Waals surface area contributed by atoms with Crippen LogP contribution in [-0.4, -0.2) is 71.6 Å². The van der Waals surface area contributed by atoms with E-state index in [9.17, 15) is 4.79 Å². The lowest BCUT2D eigenvalue weighted by atomic mass is 10.1. The van der Waals surface area contributed by atoms with Crippen molar-refractivity contribution in [1.29, 1.82) is 0 Å². The molecule has 1 amide bonds. The summed E-state index contributed by atoms with van der Waals surface area (Å²) in [5, 5.41) is 1.06. The van der Waals surface area contributed by atoms with Crippen LogP contribution in [0.2, 0.25) is 0 Å². The second-order valence-corrected chi connectivity index (χ2v) is 7.90. The SMILES string of the molecule is C=CCN1CCN(Cc2ccc(OC(=O)N3CCCCC3)c3ncccc23)CC1. The summed E-state index contributed by atoms with van der Waals surface area (Å²) in [4.78, 5) is 23.8. The van der Waals surface area contributed by atoms with E-state index in [4.69, 9.17) is 4.74 Å². The minimum absolute atomic E-state index is 0.261. The van der Waals surface area contributed by atoms with Crippen LogP contribution in [0.4, 0.5) is 4.79 Å². The third-order valence-corrected chi connectivity index (χ3v) is 5.88. The van der Waals surface area contributed by atoms with Gasteiger partial charge >= 0.3 is 6.09 Å². The molecule has 0 spiro atoms. The summed E-state index contributed by atoms with van der Waals surface area (Å²) >= 11 is 0. The molecule has 4 rings (SSSR count). The van der Waals surface area contributed by atoms with Crippen LogP contribution < -0.4 is 4.74 Å². The Kier molecular flexibility index (Phi) is 6.42. The maximum absolute atomic E-state index is 12.6. The molecule has 1 aromatic carbocycles. The molecule has 6 nitrogen and oxygen atoms in total. The fourth-order valence-electron chi connectivity index (χ4n) is 4.21. The Balaban J connectivity index is 1.48. The summed E-state index contributed by atoms with van der Waals surface area (Å²) in [5.41, 5.74) is 1.99. The highest BCUT2D eigenvalue weighted by molar-refractivity contribution is 5.89. The molecule has 2 saturated heterocycles. The summed E-state index contributed by atoms with van der Waals surface area (Å²) < 4.78 is 5.75. The van der Waals surface area contributed by atoms with Gasteiger partial charge in [0.05, 0.1) is 0 Å². The lowest BCUT2D eigenvalue weighted by Crippen LogP contribution is -2.45. The van der Waals surface area contributed by atoms with E-state index in [1.165, 1.54) is 12.0 Å². The van der Waals surface area contributed by atoms with Gasteiger partial charge in [0.15, 0.2) is 5.75 Å². The highest BCUT2D eigenvalue weighted by Crippen LogP contribution is 2.28. The first-order valence-electron chi connectivity index (χ1n) is 10.6. The number of ether oxygens (including phenoxy) is 1.